The molecule has 0 aromatic carbocycles. The van der Waals surface area contributed by atoms with Gasteiger partial charge in [0.1, 0.15) is 5.54 Å². The van der Waals surface area contributed by atoms with Gasteiger partial charge in [-0.1, -0.05) is 19.0 Å². The molecular weight excluding hydrogens is 318 g/mol. The second-order valence-corrected chi connectivity index (χ2v) is 6.16. The Labute approximate surface area is 118 Å². The number of carbonyl (C=O) groups excluding carboxylic acids is 1. The topological polar surface area (TPSA) is 87.7 Å². The van der Waals surface area contributed by atoms with Crippen LogP contribution in [-0.4, -0.2) is 22.5 Å². The molecule has 1 aromatic heterocycles. The molecule has 100 valence electrons. The largest absolute Gasteiger partial charge is 0.409 e. The van der Waals surface area contributed by atoms with Gasteiger partial charge in [-0.2, -0.15) is 0 Å². The molecule has 0 aliphatic heterocycles. The summed E-state index contributed by atoms with van der Waals surface area (Å²) in [7, 11) is 0. The second kappa shape index (κ2) is 6.19. The number of rotatable bonds is 5. The van der Waals surface area contributed by atoms with Crippen molar-refractivity contribution in [1.29, 1.82) is 0 Å². The van der Waals surface area contributed by atoms with Gasteiger partial charge in [0, 0.05) is 5.38 Å². The van der Waals surface area contributed by atoms with E-state index >= 15 is 0 Å². The maximum atomic E-state index is 12.1. The highest BCUT2D eigenvalue weighted by Crippen LogP contribution is 2.22. The van der Waals surface area contributed by atoms with Crippen molar-refractivity contribution in [3.05, 3.63) is 20.8 Å². The van der Waals surface area contributed by atoms with E-state index in [1.165, 1.54) is 11.3 Å². The fraction of sp³-hybridized carbons (Fsp3) is 0.455. The predicted octanol–water partition coefficient (Wildman–Crippen LogP) is 2.55. The molecule has 1 heterocycles. The van der Waals surface area contributed by atoms with Crippen LogP contribution in [0, 0.1) is 0 Å². The molecule has 0 aliphatic rings. The van der Waals surface area contributed by atoms with Crippen molar-refractivity contribution in [2.45, 2.75) is 32.2 Å². The summed E-state index contributed by atoms with van der Waals surface area (Å²) in [6, 6.07) is 1.74. The quantitative estimate of drug-likeness (QED) is 0.335. The number of amidine groups is 1. The minimum absolute atomic E-state index is 0.0233. The molecule has 5 nitrogen and oxygen atoms in total. The summed E-state index contributed by atoms with van der Waals surface area (Å²) in [5.41, 5.74) is 5.44. The summed E-state index contributed by atoms with van der Waals surface area (Å²) in [6.07, 6.45) is 1.10. The van der Waals surface area contributed by atoms with Gasteiger partial charge in [-0.05, 0) is 34.8 Å². The first-order valence-electron chi connectivity index (χ1n) is 5.53. The highest BCUT2D eigenvalue weighted by molar-refractivity contribution is 9.11. The number of oxime groups is 1. The van der Waals surface area contributed by atoms with Crippen LogP contribution >= 0.6 is 27.3 Å². The maximum absolute atomic E-state index is 12.1. The SMILES string of the molecule is CCC(CC)(NC(=O)c1csc(Br)c1)C(N)=NO. The molecule has 0 aliphatic carbocycles. The summed E-state index contributed by atoms with van der Waals surface area (Å²) < 4.78 is 0.884. The van der Waals surface area contributed by atoms with E-state index in [9.17, 15) is 4.79 Å². The van der Waals surface area contributed by atoms with E-state index in [2.05, 4.69) is 26.4 Å². The summed E-state index contributed by atoms with van der Waals surface area (Å²) in [5, 5.41) is 16.4. The van der Waals surface area contributed by atoms with E-state index in [1.54, 1.807) is 11.4 Å². The average Bonchev–Trinajstić information content (AvgIpc) is 2.81. The Balaban J connectivity index is 2.95. The van der Waals surface area contributed by atoms with Gasteiger partial charge in [0.15, 0.2) is 5.84 Å². The monoisotopic (exact) mass is 333 g/mol. The standard InChI is InChI=1S/C11H16BrN3O2S/c1-3-11(4-2,10(13)15-17)14-9(16)7-5-8(12)18-6-7/h5-6,17H,3-4H2,1-2H3,(H2,13,15)(H,14,16). The van der Waals surface area contributed by atoms with Crippen molar-refractivity contribution in [2.24, 2.45) is 10.9 Å². The summed E-state index contributed by atoms with van der Waals surface area (Å²) in [4.78, 5) is 12.1. The highest BCUT2D eigenvalue weighted by atomic mass is 79.9. The fourth-order valence-electron chi connectivity index (χ4n) is 1.67. The lowest BCUT2D eigenvalue weighted by atomic mass is 9.91. The zero-order chi connectivity index (χ0) is 13.8. The molecule has 0 unspecified atom stereocenters. The third-order valence-electron chi connectivity index (χ3n) is 2.99. The molecular formula is C11H16BrN3O2S. The smallest absolute Gasteiger partial charge is 0.252 e. The number of amides is 1. The molecule has 1 rings (SSSR count). The Kier molecular flexibility index (Phi) is 5.15. The number of nitrogens with one attached hydrogen (secondary N) is 1. The summed E-state index contributed by atoms with van der Waals surface area (Å²) >= 11 is 4.74. The number of thiophene rings is 1. The average molecular weight is 334 g/mol. The summed E-state index contributed by atoms with van der Waals surface area (Å²) in [5.74, 6) is -0.206. The number of hydrogen-bond donors (Lipinski definition) is 3. The molecule has 0 saturated carbocycles. The second-order valence-electron chi connectivity index (χ2n) is 3.87. The molecule has 0 saturated heterocycles. The van der Waals surface area contributed by atoms with E-state index in [4.69, 9.17) is 10.9 Å². The Morgan fingerprint density at radius 2 is 2.22 bits per heavy atom. The number of nitrogens with zero attached hydrogens (tertiary/aromatic N) is 1. The highest BCUT2D eigenvalue weighted by Gasteiger charge is 2.33. The van der Waals surface area contributed by atoms with Gasteiger partial charge in [0.2, 0.25) is 0 Å². The molecule has 7 heteroatoms. The van der Waals surface area contributed by atoms with E-state index in [-0.39, 0.29) is 11.7 Å². The van der Waals surface area contributed by atoms with Gasteiger partial charge in [0.05, 0.1) is 9.35 Å². The Hall–Kier alpha value is -1.08. The molecule has 18 heavy (non-hydrogen) atoms. The van der Waals surface area contributed by atoms with E-state index in [0.29, 0.717) is 18.4 Å². The maximum Gasteiger partial charge on any atom is 0.252 e. The van der Waals surface area contributed by atoms with Gasteiger partial charge < -0.3 is 16.3 Å². The number of halogens is 1. The van der Waals surface area contributed by atoms with Gasteiger partial charge in [0.25, 0.3) is 5.91 Å². The molecule has 0 bridgehead atoms. The minimum Gasteiger partial charge on any atom is -0.409 e. The molecule has 0 spiro atoms. The summed E-state index contributed by atoms with van der Waals surface area (Å²) in [6.45, 7) is 3.76. The van der Waals surface area contributed by atoms with Crippen LogP contribution in [0.1, 0.15) is 37.0 Å². The fourth-order valence-corrected chi connectivity index (χ4v) is 2.80. The number of carbonyl (C=O) groups is 1. The Morgan fingerprint density at radius 3 is 2.61 bits per heavy atom. The van der Waals surface area contributed by atoms with E-state index < -0.39 is 5.54 Å². The van der Waals surface area contributed by atoms with Crippen LogP contribution in [0.15, 0.2) is 20.4 Å². The van der Waals surface area contributed by atoms with E-state index in [0.717, 1.165) is 3.79 Å². The van der Waals surface area contributed by atoms with E-state index in [1.807, 2.05) is 13.8 Å². The van der Waals surface area contributed by atoms with Crippen LogP contribution in [0.4, 0.5) is 0 Å². The van der Waals surface area contributed by atoms with Crippen molar-refractivity contribution in [3.63, 3.8) is 0 Å². The first-order valence-corrected chi connectivity index (χ1v) is 7.21. The van der Waals surface area contributed by atoms with Gasteiger partial charge in [-0.25, -0.2) is 0 Å². The first kappa shape index (κ1) is 15.0. The van der Waals surface area contributed by atoms with Crippen molar-refractivity contribution in [2.75, 3.05) is 0 Å². The number of hydrogen-bond acceptors (Lipinski definition) is 4. The molecule has 4 N–H and O–H groups in total. The predicted molar refractivity (Wildman–Crippen MR) is 76.2 cm³/mol. The third-order valence-corrected chi connectivity index (χ3v) is 4.49. The molecule has 0 radical (unpaired) electrons. The Bertz CT molecular complexity index is 455. The van der Waals surface area contributed by atoms with Gasteiger partial charge in [-0.3, -0.25) is 4.79 Å². The lowest BCUT2D eigenvalue weighted by molar-refractivity contribution is 0.0918. The van der Waals surface area contributed by atoms with Crippen LogP contribution in [0.3, 0.4) is 0 Å². The zero-order valence-electron chi connectivity index (χ0n) is 10.2. The van der Waals surface area contributed by atoms with Crippen LogP contribution in [0.5, 0.6) is 0 Å². The van der Waals surface area contributed by atoms with Crippen molar-refractivity contribution >= 4 is 39.0 Å². The molecule has 0 fully saturated rings. The van der Waals surface area contributed by atoms with Crippen LogP contribution in [0.2, 0.25) is 0 Å². The van der Waals surface area contributed by atoms with Gasteiger partial charge in [-0.15, -0.1) is 11.3 Å². The molecule has 0 atom stereocenters. The molecule has 1 aromatic rings. The molecule has 1 amide bonds. The van der Waals surface area contributed by atoms with Gasteiger partial charge >= 0.3 is 0 Å². The number of nitrogens with two attached hydrogens (primary N) is 1. The first-order chi connectivity index (χ1) is 8.49. The lowest BCUT2D eigenvalue weighted by Gasteiger charge is -2.31. The van der Waals surface area contributed by atoms with Crippen molar-refractivity contribution in [3.8, 4) is 0 Å². The van der Waals surface area contributed by atoms with Crippen LogP contribution < -0.4 is 11.1 Å². The lowest BCUT2D eigenvalue weighted by Crippen LogP contribution is -2.56. The van der Waals surface area contributed by atoms with Crippen LogP contribution in [0.25, 0.3) is 0 Å². The third kappa shape index (κ3) is 3.02. The van der Waals surface area contributed by atoms with Crippen molar-refractivity contribution in [1.82, 2.24) is 5.32 Å². The Morgan fingerprint density at radius 1 is 1.61 bits per heavy atom. The minimum atomic E-state index is -0.805. The normalized spacial score (nSPS) is 12.5. The van der Waals surface area contributed by atoms with Crippen LogP contribution in [-0.2, 0) is 0 Å². The van der Waals surface area contributed by atoms with Crippen molar-refractivity contribution < 1.29 is 10.0 Å². The zero-order valence-corrected chi connectivity index (χ0v) is 12.6.